The van der Waals surface area contributed by atoms with E-state index in [0.717, 1.165) is 91.0 Å². The molecule has 0 radical (unpaired) electrons. The fourth-order valence-corrected chi connectivity index (χ4v) is 7.39. The molecule has 1 saturated carbocycles. The molecule has 0 atom stereocenters. The van der Waals surface area contributed by atoms with Gasteiger partial charge in [0.05, 0.1) is 23.6 Å². The van der Waals surface area contributed by atoms with Crippen molar-refractivity contribution < 1.29 is 14.7 Å². The summed E-state index contributed by atoms with van der Waals surface area (Å²) in [4.78, 5) is 32.4. The van der Waals surface area contributed by atoms with E-state index in [2.05, 4.69) is 55.3 Å². The minimum Gasteiger partial charge on any atom is -0.476 e. The maximum atomic E-state index is 12.3. The number of nitrogens with zero attached hydrogens (tertiary/aromatic N) is 9. The van der Waals surface area contributed by atoms with Gasteiger partial charge in [0.15, 0.2) is 11.5 Å². The Balaban J connectivity index is 0.958. The van der Waals surface area contributed by atoms with Gasteiger partial charge < -0.3 is 14.9 Å². The van der Waals surface area contributed by atoms with E-state index in [1.54, 1.807) is 13.0 Å². The normalized spacial score (nSPS) is 17.0. The van der Waals surface area contributed by atoms with Crippen LogP contribution in [0.3, 0.4) is 0 Å². The Kier molecular flexibility index (Phi) is 7.85. The van der Waals surface area contributed by atoms with Gasteiger partial charge in [0.1, 0.15) is 0 Å². The minimum atomic E-state index is -1.06. The summed E-state index contributed by atoms with van der Waals surface area (Å²) in [5, 5.41) is 29.0. The Hall–Kier alpha value is -5.13. The van der Waals surface area contributed by atoms with Crippen molar-refractivity contribution in [3.63, 3.8) is 0 Å². The van der Waals surface area contributed by atoms with Crippen molar-refractivity contribution in [1.29, 1.82) is 0 Å². The summed E-state index contributed by atoms with van der Waals surface area (Å²) in [6, 6.07) is 12.2. The highest BCUT2D eigenvalue weighted by atomic mass is 16.4. The fraction of sp³-hybridized carbons (Fsp3) is 0.417. The molecule has 0 bridgehead atoms. The largest absolute Gasteiger partial charge is 0.476 e. The number of rotatable bonds is 8. The van der Waals surface area contributed by atoms with Gasteiger partial charge in [-0.15, -0.1) is 10.2 Å². The average Bonchev–Trinajstić information content (AvgIpc) is 3.71. The van der Waals surface area contributed by atoms with Gasteiger partial charge in [-0.25, -0.2) is 4.79 Å². The van der Waals surface area contributed by atoms with Gasteiger partial charge in [-0.3, -0.25) is 19.1 Å². The Bertz CT molecular complexity index is 1990. The third kappa shape index (κ3) is 5.69. The Labute approximate surface area is 278 Å². The molecule has 0 unspecified atom stereocenters. The maximum Gasteiger partial charge on any atom is 0.356 e. The molecule has 246 valence electrons. The zero-order valence-corrected chi connectivity index (χ0v) is 27.1. The molecule has 4 aromatic heterocycles. The first-order chi connectivity index (χ1) is 23.4. The number of carboxylic acid groups (broad SMARTS) is 1. The molecule has 2 fully saturated rings. The molecule has 12 nitrogen and oxygen atoms in total. The number of anilines is 1. The van der Waals surface area contributed by atoms with E-state index in [4.69, 9.17) is 15.2 Å². The van der Waals surface area contributed by atoms with E-state index in [1.807, 2.05) is 22.0 Å². The molecule has 48 heavy (non-hydrogen) atoms. The number of amides is 1. The average molecular weight is 646 g/mol. The maximum absolute atomic E-state index is 12.3. The minimum absolute atomic E-state index is 0.0377. The first-order valence-corrected chi connectivity index (χ1v) is 17.0. The van der Waals surface area contributed by atoms with E-state index >= 15 is 0 Å². The molecule has 5 aromatic rings. The summed E-state index contributed by atoms with van der Waals surface area (Å²) >= 11 is 0. The molecule has 1 aromatic carbocycles. The number of hydrogen-bond donors (Lipinski definition) is 1. The first kappa shape index (κ1) is 30.2. The summed E-state index contributed by atoms with van der Waals surface area (Å²) < 4.78 is 4.28. The second-order valence-electron chi connectivity index (χ2n) is 13.4. The van der Waals surface area contributed by atoms with Crippen LogP contribution in [0, 0.1) is 5.92 Å². The first-order valence-electron chi connectivity index (χ1n) is 17.0. The third-order valence-electron chi connectivity index (χ3n) is 10.5. The summed E-state index contributed by atoms with van der Waals surface area (Å²) in [6.45, 7) is 5.58. The number of aromatic carboxylic acids is 1. The van der Waals surface area contributed by atoms with Crippen molar-refractivity contribution in [3.05, 3.63) is 71.9 Å². The van der Waals surface area contributed by atoms with Crippen LogP contribution in [0.1, 0.15) is 73.2 Å². The number of piperidine rings is 1. The van der Waals surface area contributed by atoms with Crippen LogP contribution in [0.25, 0.3) is 33.3 Å². The molecule has 1 N–H and O–H groups in total. The number of carboxylic acids is 1. The fourth-order valence-electron chi connectivity index (χ4n) is 7.39. The predicted molar refractivity (Wildman–Crippen MR) is 180 cm³/mol. The number of benzene rings is 1. The Morgan fingerprint density at radius 1 is 1.00 bits per heavy atom. The van der Waals surface area contributed by atoms with Gasteiger partial charge >= 0.3 is 5.97 Å². The highest BCUT2D eigenvalue weighted by molar-refractivity contribution is 5.97. The molecule has 0 spiro atoms. The molecular formula is C36H39N9O3. The van der Waals surface area contributed by atoms with Crippen LogP contribution in [-0.4, -0.2) is 76.3 Å². The van der Waals surface area contributed by atoms with E-state index in [9.17, 15) is 9.59 Å². The molecule has 12 heteroatoms. The molecule has 2 aliphatic heterocycles. The SMILES string of the molecule is CC(=O)N1CCc2c(c(-c3cccc4cc(-c5cnn(CCC6CCN(c7ccc(C(=O)O)nn7)CC6)c5)ncc34)nn2C2CCC2)C1. The molecule has 6 heterocycles. The van der Waals surface area contributed by atoms with Crippen molar-refractivity contribution in [1.82, 2.24) is 39.6 Å². The lowest BCUT2D eigenvalue weighted by Gasteiger charge is -2.32. The van der Waals surface area contributed by atoms with Crippen molar-refractivity contribution in [2.75, 3.05) is 24.5 Å². The van der Waals surface area contributed by atoms with Gasteiger partial charge in [0.25, 0.3) is 0 Å². The molecule has 1 saturated heterocycles. The van der Waals surface area contributed by atoms with Gasteiger partial charge in [-0.2, -0.15) is 10.2 Å². The summed E-state index contributed by atoms with van der Waals surface area (Å²) in [5.41, 5.74) is 6.35. The van der Waals surface area contributed by atoms with E-state index in [-0.39, 0.29) is 11.6 Å². The molecule has 3 aliphatic rings. The molecular weight excluding hydrogens is 606 g/mol. The van der Waals surface area contributed by atoms with Gasteiger partial charge in [0, 0.05) is 86.2 Å². The molecule has 8 rings (SSSR count). The number of carbonyl (C=O) groups excluding carboxylic acids is 1. The lowest BCUT2D eigenvalue weighted by molar-refractivity contribution is -0.129. The summed E-state index contributed by atoms with van der Waals surface area (Å²) in [5.74, 6) is 0.353. The lowest BCUT2D eigenvalue weighted by Crippen LogP contribution is -2.35. The number of fused-ring (bicyclic) bond motifs is 2. The zero-order chi connectivity index (χ0) is 32.8. The van der Waals surface area contributed by atoms with Crippen LogP contribution in [0.2, 0.25) is 0 Å². The number of hydrogen-bond acceptors (Lipinski definition) is 8. The van der Waals surface area contributed by atoms with Crippen LogP contribution in [0.15, 0.2) is 55.0 Å². The van der Waals surface area contributed by atoms with Crippen molar-refractivity contribution in [2.45, 2.75) is 71.0 Å². The molecule has 1 aliphatic carbocycles. The Morgan fingerprint density at radius 3 is 2.58 bits per heavy atom. The van der Waals surface area contributed by atoms with Crippen molar-refractivity contribution in [3.8, 4) is 22.5 Å². The lowest BCUT2D eigenvalue weighted by atomic mass is 9.92. The second kappa shape index (κ2) is 12.5. The van der Waals surface area contributed by atoms with E-state index in [1.165, 1.54) is 36.6 Å². The quantitative estimate of drug-likeness (QED) is 0.236. The van der Waals surface area contributed by atoms with Crippen molar-refractivity contribution in [2.24, 2.45) is 5.92 Å². The second-order valence-corrected chi connectivity index (χ2v) is 13.4. The summed E-state index contributed by atoms with van der Waals surface area (Å²) in [7, 11) is 0. The van der Waals surface area contributed by atoms with E-state index < -0.39 is 5.97 Å². The van der Waals surface area contributed by atoms with Crippen LogP contribution in [0.5, 0.6) is 0 Å². The number of pyridine rings is 1. The summed E-state index contributed by atoms with van der Waals surface area (Å²) in [6.07, 6.45) is 13.5. The van der Waals surface area contributed by atoms with E-state index in [0.29, 0.717) is 18.5 Å². The van der Waals surface area contributed by atoms with Gasteiger partial charge in [0.2, 0.25) is 5.91 Å². The van der Waals surface area contributed by atoms with Gasteiger partial charge in [-0.1, -0.05) is 18.2 Å². The highest BCUT2D eigenvalue weighted by Crippen LogP contribution is 2.40. The number of aryl methyl sites for hydroxylation is 1. The van der Waals surface area contributed by atoms with Crippen LogP contribution < -0.4 is 4.90 Å². The topological polar surface area (TPSA) is 135 Å². The zero-order valence-electron chi connectivity index (χ0n) is 27.1. The van der Waals surface area contributed by atoms with Crippen LogP contribution >= 0.6 is 0 Å². The Morgan fingerprint density at radius 2 is 1.85 bits per heavy atom. The van der Waals surface area contributed by atoms with Crippen LogP contribution in [-0.2, 0) is 24.3 Å². The van der Waals surface area contributed by atoms with Gasteiger partial charge in [-0.05, 0) is 68.0 Å². The standard InChI is InChI=1S/C36H39N9O3/c1-23(46)43-16-13-33-30(22-43)35(41-45(33)27-5-3-6-27)28-7-2-4-25-18-32(37-20-29(25)28)26-19-38-44(21-26)17-12-24-10-14-42(15-11-24)34-9-8-31(36(47)48)39-40-34/h2,4,7-9,18-21,24,27H,3,5-6,10-17,22H2,1H3,(H,47,48). The highest BCUT2D eigenvalue weighted by Gasteiger charge is 2.32. The predicted octanol–water partition coefficient (Wildman–Crippen LogP) is 5.39. The smallest absolute Gasteiger partial charge is 0.356 e. The van der Waals surface area contributed by atoms with Crippen LogP contribution in [0.4, 0.5) is 5.82 Å². The number of aromatic nitrogens is 7. The third-order valence-corrected chi connectivity index (χ3v) is 10.5. The number of carbonyl (C=O) groups is 2. The van der Waals surface area contributed by atoms with Crippen molar-refractivity contribution >= 4 is 28.5 Å². The monoisotopic (exact) mass is 645 g/mol. The molecule has 1 amide bonds.